The molecular formula is C15H17N5OS2+2. The van der Waals surface area contributed by atoms with E-state index in [2.05, 4.69) is 18.3 Å². The molecule has 0 amide bonds. The molecule has 1 unspecified atom stereocenters. The van der Waals surface area contributed by atoms with Crippen LogP contribution < -0.4 is 0 Å². The molecule has 23 heavy (non-hydrogen) atoms. The van der Waals surface area contributed by atoms with E-state index in [9.17, 15) is 0 Å². The quantitative estimate of drug-likeness (QED) is 0.766. The smallest absolute Gasteiger partial charge is 0.469 e. The molecule has 0 N–H and O–H groups in total. The normalized spacial score (nSPS) is 24.9. The zero-order valence-corrected chi connectivity index (χ0v) is 14.8. The maximum atomic E-state index is 5.66. The number of ether oxygens (including phenoxy) is 1. The Kier molecular flexibility index (Phi) is 3.46. The van der Waals surface area contributed by atoms with Crippen LogP contribution in [0.5, 0.6) is 0 Å². The second kappa shape index (κ2) is 5.38. The molecule has 4 rings (SSSR count). The molecule has 0 saturated heterocycles. The molecule has 3 aliphatic heterocycles. The largest absolute Gasteiger partial charge is 0.524 e. The lowest BCUT2D eigenvalue weighted by Crippen LogP contribution is -2.34. The second-order valence-corrected chi connectivity index (χ2v) is 7.88. The van der Waals surface area contributed by atoms with Crippen LogP contribution in [0.15, 0.2) is 40.5 Å². The molecule has 1 atom stereocenters. The first-order valence-corrected chi connectivity index (χ1v) is 8.99. The first-order valence-electron chi connectivity index (χ1n) is 7.36. The molecule has 0 bridgehead atoms. The lowest BCUT2D eigenvalue weighted by molar-refractivity contribution is -0.750. The Hall–Kier alpha value is -1.80. The Labute approximate surface area is 143 Å². The number of benzene rings is 1. The number of hydrogen-bond acceptors (Lipinski definition) is 6. The van der Waals surface area contributed by atoms with Crippen molar-refractivity contribution in [3.8, 4) is 0 Å². The van der Waals surface area contributed by atoms with Gasteiger partial charge in [0.05, 0.1) is 29.0 Å². The summed E-state index contributed by atoms with van der Waals surface area (Å²) in [5.41, 5.74) is 2.15. The van der Waals surface area contributed by atoms with Gasteiger partial charge in [0, 0.05) is 28.6 Å². The predicted octanol–water partition coefficient (Wildman–Crippen LogP) is 1.83. The van der Waals surface area contributed by atoms with E-state index in [0.29, 0.717) is 11.8 Å². The molecule has 1 aromatic rings. The second-order valence-electron chi connectivity index (χ2n) is 5.37. The maximum absolute atomic E-state index is 5.66. The third kappa shape index (κ3) is 2.20. The van der Waals surface area contributed by atoms with Crippen LogP contribution in [0.2, 0.25) is 0 Å². The Balaban J connectivity index is 1.83. The number of hydrogen-bond donors (Lipinski definition) is 0. The zero-order valence-electron chi connectivity index (χ0n) is 13.1. The van der Waals surface area contributed by atoms with E-state index in [-0.39, 0.29) is 0 Å². The third-order valence-electron chi connectivity index (χ3n) is 3.57. The highest BCUT2D eigenvalue weighted by molar-refractivity contribution is 8.30. The van der Waals surface area contributed by atoms with Crippen molar-refractivity contribution in [1.29, 1.82) is 0 Å². The van der Waals surface area contributed by atoms with Gasteiger partial charge < -0.3 is 9.64 Å². The topological polar surface area (TPSA) is 43.2 Å². The highest BCUT2D eigenvalue weighted by atomic mass is 32.2. The average Bonchev–Trinajstić information content (AvgIpc) is 3.14. The van der Waals surface area contributed by atoms with Gasteiger partial charge in [-0.05, 0) is 19.1 Å². The Bertz CT molecular complexity index is 784. The molecular weight excluding hydrogens is 330 g/mol. The average molecular weight is 347 g/mol. The van der Waals surface area contributed by atoms with Crippen molar-refractivity contribution >= 4 is 45.8 Å². The minimum absolute atomic E-state index is 0.449. The summed E-state index contributed by atoms with van der Waals surface area (Å²) in [5, 5.41) is 11.1. The van der Waals surface area contributed by atoms with Crippen molar-refractivity contribution < 1.29 is 14.1 Å². The first kappa shape index (κ1) is 14.8. The summed E-state index contributed by atoms with van der Waals surface area (Å²) in [5.74, 6) is 0. The molecule has 0 aromatic heterocycles. The van der Waals surface area contributed by atoms with Gasteiger partial charge in [-0.2, -0.15) is 0 Å². The van der Waals surface area contributed by atoms with Crippen molar-refractivity contribution in [2.45, 2.75) is 11.3 Å². The van der Waals surface area contributed by atoms with E-state index in [4.69, 9.17) is 14.9 Å². The van der Waals surface area contributed by atoms with Crippen molar-refractivity contribution in [2.75, 3.05) is 20.7 Å². The third-order valence-corrected chi connectivity index (χ3v) is 6.32. The Morgan fingerprint density at radius 1 is 1.17 bits per heavy atom. The van der Waals surface area contributed by atoms with Gasteiger partial charge in [0.1, 0.15) is 11.8 Å². The number of rotatable bonds is 2. The van der Waals surface area contributed by atoms with Gasteiger partial charge in [-0.25, -0.2) is 0 Å². The summed E-state index contributed by atoms with van der Waals surface area (Å²) in [6.07, 6.45) is 2.05. The maximum Gasteiger partial charge on any atom is 0.524 e. The van der Waals surface area contributed by atoms with Crippen molar-refractivity contribution in [2.24, 2.45) is 10.2 Å². The van der Waals surface area contributed by atoms with Gasteiger partial charge in [0.15, 0.2) is 0 Å². The van der Waals surface area contributed by atoms with Gasteiger partial charge in [-0.1, -0.05) is 18.2 Å². The molecule has 0 saturated carbocycles. The van der Waals surface area contributed by atoms with Crippen molar-refractivity contribution in [3.63, 3.8) is 0 Å². The fourth-order valence-corrected chi connectivity index (χ4v) is 5.03. The number of hydrazone groups is 2. The van der Waals surface area contributed by atoms with E-state index in [1.165, 1.54) is 0 Å². The molecule has 1 spiro atoms. The van der Waals surface area contributed by atoms with E-state index in [0.717, 1.165) is 16.4 Å². The molecule has 1 aromatic carbocycles. The fraction of sp³-hybridized carbons (Fsp3) is 0.333. The summed E-state index contributed by atoms with van der Waals surface area (Å²) in [6.45, 7) is 2.58. The SMILES string of the molecule is CCOC1=N[N+]2=C(c3ccccc3)C=[N+]3N=C(N(C)C)SC32S1. The van der Waals surface area contributed by atoms with Crippen molar-refractivity contribution in [1.82, 2.24) is 4.90 Å². The van der Waals surface area contributed by atoms with Gasteiger partial charge in [-0.15, -0.1) is 0 Å². The van der Waals surface area contributed by atoms with Crippen LogP contribution in [0.25, 0.3) is 0 Å². The zero-order chi connectivity index (χ0) is 16.0. The van der Waals surface area contributed by atoms with E-state index >= 15 is 0 Å². The summed E-state index contributed by atoms with van der Waals surface area (Å²) >= 11 is 3.27. The summed E-state index contributed by atoms with van der Waals surface area (Å²) in [6, 6.07) is 10.2. The predicted molar refractivity (Wildman–Crippen MR) is 95.2 cm³/mol. The van der Waals surface area contributed by atoms with Crippen LogP contribution in [0.3, 0.4) is 0 Å². The van der Waals surface area contributed by atoms with Crippen LogP contribution in [0, 0.1) is 0 Å². The molecule has 3 heterocycles. The standard InChI is InChI=1S/C15H17N5OS2/c1-4-21-14-17-20-12(11-8-6-5-7-9-11)10-19-15(20,23-14)22-13(16-19)18(2)3/h5-10H,4H2,1-3H3/q+2. The minimum Gasteiger partial charge on any atom is -0.469 e. The van der Waals surface area contributed by atoms with Gasteiger partial charge >= 0.3 is 15.3 Å². The molecule has 8 heteroatoms. The lowest BCUT2D eigenvalue weighted by Gasteiger charge is -2.08. The van der Waals surface area contributed by atoms with Crippen LogP contribution in [0.1, 0.15) is 12.5 Å². The van der Waals surface area contributed by atoms with Crippen LogP contribution in [0.4, 0.5) is 0 Å². The Morgan fingerprint density at radius 2 is 1.96 bits per heavy atom. The number of amidine groups is 1. The van der Waals surface area contributed by atoms with Gasteiger partial charge in [0.25, 0.3) is 6.21 Å². The van der Waals surface area contributed by atoms with Crippen LogP contribution in [-0.2, 0) is 4.74 Å². The van der Waals surface area contributed by atoms with Gasteiger partial charge in [-0.3, -0.25) is 0 Å². The van der Waals surface area contributed by atoms with E-state index in [1.54, 1.807) is 23.5 Å². The molecule has 0 aliphatic carbocycles. The van der Waals surface area contributed by atoms with E-state index < -0.39 is 4.33 Å². The molecule has 0 fully saturated rings. The molecule has 6 nitrogen and oxygen atoms in total. The number of nitrogens with zero attached hydrogens (tertiary/aromatic N) is 5. The molecule has 118 valence electrons. The van der Waals surface area contributed by atoms with Crippen molar-refractivity contribution in [3.05, 3.63) is 35.9 Å². The molecule has 0 radical (unpaired) electrons. The lowest BCUT2D eigenvalue weighted by atomic mass is 10.1. The minimum atomic E-state index is -0.449. The van der Waals surface area contributed by atoms with Crippen LogP contribution >= 0.6 is 23.5 Å². The first-order chi connectivity index (χ1) is 11.1. The van der Waals surface area contributed by atoms with E-state index in [1.807, 2.05) is 53.5 Å². The molecule has 3 aliphatic rings. The summed E-state index contributed by atoms with van der Waals surface area (Å²) in [7, 11) is 4.00. The van der Waals surface area contributed by atoms with Crippen LogP contribution in [-0.4, -0.2) is 61.6 Å². The Morgan fingerprint density at radius 3 is 2.65 bits per heavy atom. The summed E-state index contributed by atoms with van der Waals surface area (Å²) in [4.78, 5) is 2.02. The highest BCUT2D eigenvalue weighted by Gasteiger charge is 2.73. The fourth-order valence-electron chi connectivity index (χ4n) is 2.53. The number of thioether (sulfide) groups is 2. The highest BCUT2D eigenvalue weighted by Crippen LogP contribution is 2.50. The summed E-state index contributed by atoms with van der Waals surface area (Å²) < 4.78 is 9.21. The monoisotopic (exact) mass is 347 g/mol. The van der Waals surface area contributed by atoms with Gasteiger partial charge in [0.2, 0.25) is 5.17 Å².